The molecule has 0 bridgehead atoms. The average molecular weight is 442 g/mol. The van der Waals surface area contributed by atoms with Crippen LogP contribution in [0.2, 0.25) is 0 Å². The lowest BCUT2D eigenvalue weighted by molar-refractivity contribution is -0.00370. The standard InChI is InChI=1S/C25H35N3O4/c1-9-28-22(17(3)18(4)27-28)23(31-16-32-24(29)30-10-2)21(15-26-8)19-11-13-20(14-12-19)25(5,6)7/h11-15H,9-10,16H2,1-8H3/b23-21-,26-15-. The zero-order chi connectivity index (χ0) is 23.9. The van der Waals surface area contributed by atoms with Crippen LogP contribution in [0.4, 0.5) is 4.79 Å². The largest absolute Gasteiger partial charge is 0.511 e. The van der Waals surface area contributed by atoms with Crippen molar-refractivity contribution >= 4 is 23.7 Å². The van der Waals surface area contributed by atoms with Gasteiger partial charge in [-0.1, -0.05) is 45.0 Å². The summed E-state index contributed by atoms with van der Waals surface area (Å²) in [4.78, 5) is 15.9. The first-order chi connectivity index (χ1) is 15.1. The van der Waals surface area contributed by atoms with E-state index < -0.39 is 6.16 Å². The molecule has 0 saturated carbocycles. The van der Waals surface area contributed by atoms with Crippen molar-refractivity contribution in [3.63, 3.8) is 0 Å². The molecule has 2 rings (SSSR count). The zero-order valence-corrected chi connectivity index (χ0v) is 20.5. The topological polar surface area (TPSA) is 74.9 Å². The predicted octanol–water partition coefficient (Wildman–Crippen LogP) is 5.53. The van der Waals surface area contributed by atoms with Gasteiger partial charge in [0.2, 0.25) is 6.79 Å². The maximum Gasteiger partial charge on any atom is 0.511 e. The van der Waals surface area contributed by atoms with E-state index in [2.05, 4.69) is 55.1 Å². The second kappa shape index (κ2) is 11.0. The fourth-order valence-corrected chi connectivity index (χ4v) is 3.30. The highest BCUT2D eigenvalue weighted by molar-refractivity contribution is 6.18. The van der Waals surface area contributed by atoms with Crippen LogP contribution in [0.1, 0.15) is 62.7 Å². The van der Waals surface area contributed by atoms with Crippen LogP contribution in [0.5, 0.6) is 0 Å². The van der Waals surface area contributed by atoms with Crippen LogP contribution in [-0.4, -0.2) is 42.6 Å². The van der Waals surface area contributed by atoms with Gasteiger partial charge < -0.3 is 14.2 Å². The SMILES string of the molecule is CCOC(=O)OCO/C(=C(/C=N\C)c1ccc(C(C)(C)C)cc1)c1c(C)c(C)nn1CC. The minimum atomic E-state index is -0.774. The number of allylic oxidation sites excluding steroid dienone is 1. The molecule has 0 amide bonds. The van der Waals surface area contributed by atoms with Gasteiger partial charge in [0.25, 0.3) is 0 Å². The lowest BCUT2D eigenvalue weighted by Crippen LogP contribution is -2.13. The first-order valence-electron chi connectivity index (χ1n) is 10.9. The Balaban J connectivity index is 2.62. The Hall–Kier alpha value is -3.09. The quantitative estimate of drug-likeness (QED) is 0.233. The summed E-state index contributed by atoms with van der Waals surface area (Å²) in [5.41, 5.74) is 5.72. The molecule has 0 fully saturated rings. The second-order valence-electron chi connectivity index (χ2n) is 8.42. The minimum Gasteiger partial charge on any atom is -0.454 e. The van der Waals surface area contributed by atoms with Gasteiger partial charge in [0.05, 0.1) is 12.3 Å². The summed E-state index contributed by atoms with van der Waals surface area (Å²) in [5, 5.41) is 4.63. The number of carbonyl (C=O) groups excluding carboxylic acids is 1. The Morgan fingerprint density at radius 2 is 1.75 bits per heavy atom. The zero-order valence-electron chi connectivity index (χ0n) is 20.5. The van der Waals surface area contributed by atoms with Gasteiger partial charge in [0, 0.05) is 30.9 Å². The highest BCUT2D eigenvalue weighted by Crippen LogP contribution is 2.31. The second-order valence-corrected chi connectivity index (χ2v) is 8.42. The summed E-state index contributed by atoms with van der Waals surface area (Å²) in [6.45, 7) is 14.9. The number of hydrogen-bond acceptors (Lipinski definition) is 6. The Labute approximate surface area is 191 Å². The van der Waals surface area contributed by atoms with Gasteiger partial charge in [-0.05, 0) is 44.2 Å². The van der Waals surface area contributed by atoms with Crippen LogP contribution >= 0.6 is 0 Å². The molecule has 0 aliphatic rings. The lowest BCUT2D eigenvalue weighted by atomic mass is 9.86. The van der Waals surface area contributed by atoms with E-state index in [4.69, 9.17) is 14.2 Å². The van der Waals surface area contributed by atoms with E-state index >= 15 is 0 Å². The van der Waals surface area contributed by atoms with Crippen LogP contribution < -0.4 is 0 Å². The van der Waals surface area contributed by atoms with E-state index in [1.807, 2.05) is 25.5 Å². The number of ether oxygens (including phenoxy) is 3. The first-order valence-corrected chi connectivity index (χ1v) is 10.9. The number of hydrogen-bond donors (Lipinski definition) is 0. The van der Waals surface area contributed by atoms with Crippen molar-refractivity contribution in [2.45, 2.75) is 60.4 Å². The summed E-state index contributed by atoms with van der Waals surface area (Å²) in [6.07, 6.45) is 0.983. The monoisotopic (exact) mass is 441 g/mol. The van der Waals surface area contributed by atoms with Crippen molar-refractivity contribution < 1.29 is 19.0 Å². The molecular weight excluding hydrogens is 406 g/mol. The highest BCUT2D eigenvalue weighted by Gasteiger charge is 2.22. The van der Waals surface area contributed by atoms with Crippen molar-refractivity contribution in [2.75, 3.05) is 20.4 Å². The molecular formula is C25H35N3O4. The molecule has 0 saturated heterocycles. The predicted molar refractivity (Wildman–Crippen MR) is 128 cm³/mol. The molecule has 7 heteroatoms. The van der Waals surface area contributed by atoms with Crippen molar-refractivity contribution in [3.8, 4) is 0 Å². The van der Waals surface area contributed by atoms with Crippen LogP contribution in [0.15, 0.2) is 29.3 Å². The number of aromatic nitrogens is 2. The molecule has 1 aromatic heterocycles. The highest BCUT2D eigenvalue weighted by atomic mass is 16.8. The van der Waals surface area contributed by atoms with Crippen LogP contribution in [0, 0.1) is 13.8 Å². The Morgan fingerprint density at radius 3 is 2.28 bits per heavy atom. The molecule has 1 aromatic carbocycles. The third kappa shape index (κ3) is 5.99. The van der Waals surface area contributed by atoms with Gasteiger partial charge in [-0.25, -0.2) is 4.79 Å². The maximum absolute atomic E-state index is 11.7. The molecule has 174 valence electrons. The van der Waals surface area contributed by atoms with E-state index in [1.54, 1.807) is 20.2 Å². The fraction of sp³-hybridized carbons (Fsp3) is 0.480. The van der Waals surface area contributed by atoms with E-state index in [9.17, 15) is 4.79 Å². The molecule has 0 aliphatic carbocycles. The Kier molecular flexibility index (Phi) is 8.63. The van der Waals surface area contributed by atoms with Crippen molar-refractivity contribution in [1.82, 2.24) is 9.78 Å². The van der Waals surface area contributed by atoms with Crippen molar-refractivity contribution in [2.24, 2.45) is 4.99 Å². The van der Waals surface area contributed by atoms with Crippen LogP contribution in [-0.2, 0) is 26.2 Å². The van der Waals surface area contributed by atoms with Gasteiger partial charge in [-0.2, -0.15) is 5.10 Å². The first kappa shape index (κ1) is 25.2. The number of aryl methyl sites for hydroxylation is 2. The van der Waals surface area contributed by atoms with Crippen LogP contribution in [0.3, 0.4) is 0 Å². The molecule has 7 nitrogen and oxygen atoms in total. The summed E-state index contributed by atoms with van der Waals surface area (Å²) in [6, 6.07) is 8.34. The summed E-state index contributed by atoms with van der Waals surface area (Å²) >= 11 is 0. The number of aliphatic imine (C=N–C) groups is 1. The normalized spacial score (nSPS) is 12.6. The molecule has 0 unspecified atom stereocenters. The molecule has 2 aromatic rings. The number of benzene rings is 1. The third-order valence-electron chi connectivity index (χ3n) is 5.15. The van der Waals surface area contributed by atoms with Gasteiger partial charge in [0.1, 0.15) is 5.69 Å². The van der Waals surface area contributed by atoms with Crippen molar-refractivity contribution in [3.05, 3.63) is 52.3 Å². The molecule has 0 spiro atoms. The van der Waals surface area contributed by atoms with Gasteiger partial charge in [-0.3, -0.25) is 9.67 Å². The number of nitrogens with zero attached hydrogens (tertiary/aromatic N) is 3. The van der Waals surface area contributed by atoms with E-state index in [1.165, 1.54) is 5.56 Å². The summed E-state index contributed by atoms with van der Waals surface area (Å²) < 4.78 is 17.9. The average Bonchev–Trinajstić information content (AvgIpc) is 3.03. The third-order valence-corrected chi connectivity index (χ3v) is 5.15. The molecule has 1 heterocycles. The number of rotatable bonds is 8. The van der Waals surface area contributed by atoms with E-state index in [-0.39, 0.29) is 18.8 Å². The summed E-state index contributed by atoms with van der Waals surface area (Å²) in [7, 11) is 1.71. The van der Waals surface area contributed by atoms with E-state index in [0.717, 1.165) is 28.1 Å². The Bertz CT molecular complexity index is 980. The minimum absolute atomic E-state index is 0.0442. The lowest BCUT2D eigenvalue weighted by Gasteiger charge is -2.20. The Morgan fingerprint density at radius 1 is 1.09 bits per heavy atom. The smallest absolute Gasteiger partial charge is 0.454 e. The maximum atomic E-state index is 11.7. The molecule has 0 radical (unpaired) electrons. The molecule has 0 N–H and O–H groups in total. The number of carbonyl (C=O) groups is 1. The van der Waals surface area contributed by atoms with Gasteiger partial charge in [-0.15, -0.1) is 0 Å². The van der Waals surface area contributed by atoms with Crippen LogP contribution in [0.25, 0.3) is 11.3 Å². The fourth-order valence-electron chi connectivity index (χ4n) is 3.30. The van der Waals surface area contributed by atoms with Crippen molar-refractivity contribution in [1.29, 1.82) is 0 Å². The summed E-state index contributed by atoms with van der Waals surface area (Å²) in [5.74, 6) is 0.545. The van der Waals surface area contributed by atoms with Gasteiger partial charge >= 0.3 is 6.16 Å². The molecule has 0 atom stereocenters. The molecule has 0 aliphatic heterocycles. The van der Waals surface area contributed by atoms with Gasteiger partial charge in [0.15, 0.2) is 5.76 Å². The van der Waals surface area contributed by atoms with E-state index in [0.29, 0.717) is 12.3 Å². The molecule has 32 heavy (non-hydrogen) atoms.